The van der Waals surface area contributed by atoms with Crippen molar-refractivity contribution in [3.05, 3.63) is 0 Å². The van der Waals surface area contributed by atoms with E-state index in [1.54, 1.807) is 0 Å². The quantitative estimate of drug-likeness (QED) is 0.417. The smallest absolute Gasteiger partial charge is 0.224 e. The van der Waals surface area contributed by atoms with Gasteiger partial charge in [-0.05, 0) is 18.0 Å². The van der Waals surface area contributed by atoms with Crippen LogP contribution in [-0.4, -0.2) is 16.5 Å². The van der Waals surface area contributed by atoms with Crippen molar-refractivity contribution < 1.29 is 9.90 Å². The van der Waals surface area contributed by atoms with Crippen molar-refractivity contribution in [3.8, 4) is 0 Å². The number of hydrogen-bond donors (Lipinski definition) is 1. The van der Waals surface area contributed by atoms with E-state index in [0.717, 1.165) is 12.8 Å². The molecule has 0 aliphatic rings. The summed E-state index contributed by atoms with van der Waals surface area (Å²) in [5.41, 5.74) is 0. The van der Waals surface area contributed by atoms with E-state index in [2.05, 4.69) is 6.92 Å². The fourth-order valence-corrected chi connectivity index (χ4v) is 2.16. The third-order valence-corrected chi connectivity index (χ3v) is 3.19. The predicted octanol–water partition coefficient (Wildman–Crippen LogP) is 4.42. The number of unbranched alkanes of at least 4 members (excludes halogenated alkanes) is 8. The minimum Gasteiger partial charge on any atom is -0.393 e. The summed E-state index contributed by atoms with van der Waals surface area (Å²) in [7, 11) is 0. The van der Waals surface area contributed by atoms with Crippen LogP contribution in [0.2, 0.25) is 0 Å². The van der Waals surface area contributed by atoms with Gasteiger partial charge in [-0.25, -0.2) is 0 Å². The Morgan fingerprint density at radius 2 is 1.47 bits per heavy atom. The van der Waals surface area contributed by atoms with Gasteiger partial charge in [0.05, 0.1) is 6.10 Å². The summed E-state index contributed by atoms with van der Waals surface area (Å²) >= 11 is 5.20. The number of rotatable bonds is 12. The van der Waals surface area contributed by atoms with Crippen LogP contribution in [-0.2, 0) is 4.79 Å². The first-order valence-electron chi connectivity index (χ1n) is 7.03. The summed E-state index contributed by atoms with van der Waals surface area (Å²) < 4.78 is 0. The van der Waals surface area contributed by atoms with Crippen molar-refractivity contribution in [1.82, 2.24) is 0 Å². The maximum atomic E-state index is 10.5. The first-order valence-corrected chi connectivity index (χ1v) is 7.41. The summed E-state index contributed by atoms with van der Waals surface area (Å²) in [5, 5.41) is 8.98. The van der Waals surface area contributed by atoms with Gasteiger partial charge < -0.3 is 5.11 Å². The van der Waals surface area contributed by atoms with Crippen LogP contribution in [0, 0.1) is 0 Å². The molecule has 0 fully saturated rings. The Morgan fingerprint density at radius 1 is 1.00 bits per heavy atom. The minimum absolute atomic E-state index is 0.0958. The van der Waals surface area contributed by atoms with Gasteiger partial charge in [-0.3, -0.25) is 4.79 Å². The fraction of sp³-hybridized carbons (Fsp3) is 0.929. The summed E-state index contributed by atoms with van der Waals surface area (Å²) in [6.07, 6.45) is 11.7. The van der Waals surface area contributed by atoms with Gasteiger partial charge in [0.25, 0.3) is 0 Å². The molecule has 0 aromatic rings. The zero-order chi connectivity index (χ0) is 12.9. The Hall–Kier alpha value is -0.0800. The van der Waals surface area contributed by atoms with Gasteiger partial charge >= 0.3 is 0 Å². The highest BCUT2D eigenvalue weighted by atomic mass is 35.5. The van der Waals surface area contributed by atoms with E-state index in [4.69, 9.17) is 11.6 Å². The lowest BCUT2D eigenvalue weighted by atomic mass is 10.0. The molecule has 0 bridgehead atoms. The van der Waals surface area contributed by atoms with Crippen molar-refractivity contribution in [2.75, 3.05) is 0 Å². The zero-order valence-corrected chi connectivity index (χ0v) is 11.8. The second-order valence-electron chi connectivity index (χ2n) is 4.83. The molecule has 0 aliphatic carbocycles. The molecule has 0 radical (unpaired) electrons. The van der Waals surface area contributed by atoms with E-state index >= 15 is 0 Å². The van der Waals surface area contributed by atoms with E-state index < -0.39 is 11.3 Å². The second-order valence-corrected chi connectivity index (χ2v) is 5.25. The highest BCUT2D eigenvalue weighted by molar-refractivity contribution is 6.63. The first kappa shape index (κ1) is 16.9. The Morgan fingerprint density at radius 3 is 1.94 bits per heavy atom. The van der Waals surface area contributed by atoms with Crippen molar-refractivity contribution in [1.29, 1.82) is 0 Å². The third-order valence-electron chi connectivity index (χ3n) is 3.04. The maximum absolute atomic E-state index is 10.5. The summed E-state index contributed by atoms with van der Waals surface area (Å²) in [6, 6.07) is 0. The van der Waals surface area contributed by atoms with Crippen molar-refractivity contribution in [2.24, 2.45) is 0 Å². The standard InChI is InChI=1S/C14H27ClO2/c1-2-3-4-5-6-7-8-9-10-11-13(16)12-14(15)17/h13,16H,2-12H2,1H3. The molecule has 0 rings (SSSR count). The molecule has 0 amide bonds. The number of halogens is 1. The molecule has 102 valence electrons. The summed E-state index contributed by atoms with van der Waals surface area (Å²) in [6.45, 7) is 2.23. The number of aliphatic hydroxyl groups excluding tert-OH is 1. The van der Waals surface area contributed by atoms with Crippen LogP contribution in [0.3, 0.4) is 0 Å². The van der Waals surface area contributed by atoms with Gasteiger partial charge in [0.1, 0.15) is 0 Å². The van der Waals surface area contributed by atoms with Crippen molar-refractivity contribution in [2.45, 2.75) is 83.7 Å². The first-order chi connectivity index (χ1) is 8.16. The van der Waals surface area contributed by atoms with E-state index in [9.17, 15) is 9.90 Å². The Balaban J connectivity index is 3.10. The van der Waals surface area contributed by atoms with E-state index in [-0.39, 0.29) is 6.42 Å². The minimum atomic E-state index is -0.537. The Labute approximate surface area is 111 Å². The van der Waals surface area contributed by atoms with Crippen LogP contribution in [0.5, 0.6) is 0 Å². The molecule has 0 saturated heterocycles. The lowest BCUT2D eigenvalue weighted by Gasteiger charge is -2.07. The molecule has 0 heterocycles. The summed E-state index contributed by atoms with van der Waals surface area (Å²) in [5.74, 6) is 0. The molecule has 0 aromatic heterocycles. The lowest BCUT2D eigenvalue weighted by molar-refractivity contribution is -0.113. The highest BCUT2D eigenvalue weighted by Gasteiger charge is 2.07. The number of carbonyl (C=O) groups excluding carboxylic acids is 1. The van der Waals surface area contributed by atoms with E-state index in [1.807, 2.05) is 0 Å². The van der Waals surface area contributed by atoms with Gasteiger partial charge in [0, 0.05) is 6.42 Å². The number of hydrogen-bond acceptors (Lipinski definition) is 2. The molecule has 1 unspecified atom stereocenters. The molecule has 0 saturated carbocycles. The molecule has 1 atom stereocenters. The van der Waals surface area contributed by atoms with Crippen LogP contribution in [0.1, 0.15) is 77.6 Å². The van der Waals surface area contributed by atoms with Gasteiger partial charge in [0.2, 0.25) is 5.24 Å². The SMILES string of the molecule is CCCCCCCCCCCC(O)CC(=O)Cl. The number of aliphatic hydroxyl groups is 1. The molecule has 0 spiro atoms. The summed E-state index contributed by atoms with van der Waals surface area (Å²) in [4.78, 5) is 10.5. The predicted molar refractivity (Wildman–Crippen MR) is 73.3 cm³/mol. The van der Waals surface area contributed by atoms with Gasteiger partial charge in [-0.15, -0.1) is 0 Å². The molecule has 0 aromatic carbocycles. The largest absolute Gasteiger partial charge is 0.393 e. The molecule has 2 nitrogen and oxygen atoms in total. The normalized spacial score (nSPS) is 12.6. The molecular weight excluding hydrogens is 236 g/mol. The van der Waals surface area contributed by atoms with Crippen LogP contribution >= 0.6 is 11.6 Å². The third kappa shape index (κ3) is 13.9. The van der Waals surface area contributed by atoms with Crippen LogP contribution in [0.25, 0.3) is 0 Å². The maximum Gasteiger partial charge on any atom is 0.224 e. The zero-order valence-electron chi connectivity index (χ0n) is 11.1. The highest BCUT2D eigenvalue weighted by Crippen LogP contribution is 2.12. The van der Waals surface area contributed by atoms with E-state index in [1.165, 1.54) is 44.9 Å². The molecule has 1 N–H and O–H groups in total. The number of carbonyl (C=O) groups is 1. The van der Waals surface area contributed by atoms with Crippen LogP contribution in [0.15, 0.2) is 0 Å². The molecule has 3 heteroatoms. The van der Waals surface area contributed by atoms with Gasteiger partial charge in [-0.2, -0.15) is 0 Å². The monoisotopic (exact) mass is 262 g/mol. The molecule has 0 aliphatic heterocycles. The van der Waals surface area contributed by atoms with E-state index in [0.29, 0.717) is 6.42 Å². The van der Waals surface area contributed by atoms with Crippen molar-refractivity contribution >= 4 is 16.8 Å². The Kier molecular flexibility index (Phi) is 12.3. The fourth-order valence-electron chi connectivity index (χ4n) is 1.98. The van der Waals surface area contributed by atoms with Crippen LogP contribution in [0.4, 0.5) is 0 Å². The average Bonchev–Trinajstić information content (AvgIpc) is 2.26. The van der Waals surface area contributed by atoms with Gasteiger partial charge in [-0.1, -0.05) is 64.7 Å². The van der Waals surface area contributed by atoms with Crippen molar-refractivity contribution in [3.63, 3.8) is 0 Å². The second kappa shape index (κ2) is 12.4. The molecular formula is C14H27ClO2. The topological polar surface area (TPSA) is 37.3 Å². The lowest BCUT2D eigenvalue weighted by Crippen LogP contribution is -2.09. The van der Waals surface area contributed by atoms with Crippen LogP contribution < -0.4 is 0 Å². The average molecular weight is 263 g/mol. The molecule has 17 heavy (non-hydrogen) atoms. The Bertz CT molecular complexity index is 183. The van der Waals surface area contributed by atoms with Gasteiger partial charge in [0.15, 0.2) is 0 Å².